The minimum absolute atomic E-state index is 0.203. The first-order valence-corrected chi connectivity index (χ1v) is 11.7. The molecule has 1 saturated heterocycles. The maximum absolute atomic E-state index is 12.0. The van der Waals surface area contributed by atoms with Crippen LogP contribution in [0.25, 0.3) is 11.3 Å². The van der Waals surface area contributed by atoms with Crippen LogP contribution in [0.5, 0.6) is 0 Å². The minimum Gasteiger partial charge on any atom is -0.465 e. The molecule has 1 aliphatic rings. The largest absolute Gasteiger partial charge is 0.465 e. The smallest absolute Gasteiger partial charge is 0.337 e. The highest BCUT2D eigenvalue weighted by molar-refractivity contribution is 7.80. The van der Waals surface area contributed by atoms with Crippen LogP contribution in [0.15, 0.2) is 83.4 Å². The first kappa shape index (κ1) is 22.8. The molecule has 35 heavy (non-hydrogen) atoms. The fourth-order valence-electron chi connectivity index (χ4n) is 4.38. The molecule has 0 amide bonds. The molecule has 0 bridgehead atoms. The van der Waals surface area contributed by atoms with Gasteiger partial charge in [-0.1, -0.05) is 24.3 Å². The number of rotatable bonds is 5. The summed E-state index contributed by atoms with van der Waals surface area (Å²) in [5.74, 6) is 1.01. The maximum Gasteiger partial charge on any atom is 0.337 e. The van der Waals surface area contributed by atoms with Gasteiger partial charge in [0.1, 0.15) is 17.6 Å². The Labute approximate surface area is 209 Å². The number of methoxy groups -OCH3 is 1. The summed E-state index contributed by atoms with van der Waals surface area (Å²) < 4.78 is 11.3. The van der Waals surface area contributed by atoms with E-state index in [1.165, 1.54) is 18.2 Å². The van der Waals surface area contributed by atoms with Crippen LogP contribution in [0.1, 0.15) is 45.0 Å². The normalized spacial score (nSPS) is 17.3. The number of benzene rings is 2. The Balaban J connectivity index is 1.58. The second-order valence-electron chi connectivity index (χ2n) is 8.54. The number of pyridine rings is 1. The van der Waals surface area contributed by atoms with Gasteiger partial charge in [-0.05, 0) is 85.7 Å². The standard InChI is InChI=1S/C28H25N3O3S/c1-17-10-11-21(15-18(17)2)31-26(25(30-28(31)35)22-9-4-5-14-29-22)24-13-12-23(34-24)19-7-6-8-20(16-19)27(32)33-3/h4-16,25-26H,1-3H3,(H,30,35)/t25-,26-/m0/s1. The number of hydrogen-bond donors (Lipinski definition) is 1. The number of carbonyl (C=O) groups excluding carboxylic acids is 1. The van der Waals surface area contributed by atoms with Crippen LogP contribution in [-0.2, 0) is 4.74 Å². The quantitative estimate of drug-likeness (QED) is 0.279. The van der Waals surface area contributed by atoms with Crippen molar-refractivity contribution >= 4 is 29.0 Å². The Morgan fingerprint density at radius 3 is 2.63 bits per heavy atom. The van der Waals surface area contributed by atoms with E-state index in [4.69, 9.17) is 21.4 Å². The Hall–Kier alpha value is -3.97. The maximum atomic E-state index is 12.0. The summed E-state index contributed by atoms with van der Waals surface area (Å²) in [7, 11) is 1.37. The second-order valence-corrected chi connectivity index (χ2v) is 8.93. The fourth-order valence-corrected chi connectivity index (χ4v) is 4.73. The number of nitrogens with one attached hydrogen (secondary N) is 1. The van der Waals surface area contributed by atoms with E-state index < -0.39 is 0 Å². The molecule has 7 heteroatoms. The highest BCUT2D eigenvalue weighted by atomic mass is 32.1. The van der Waals surface area contributed by atoms with Crippen LogP contribution >= 0.6 is 12.2 Å². The van der Waals surface area contributed by atoms with Crippen molar-refractivity contribution in [1.82, 2.24) is 10.3 Å². The molecule has 0 aliphatic carbocycles. The topological polar surface area (TPSA) is 67.6 Å². The zero-order chi connectivity index (χ0) is 24.5. The predicted molar refractivity (Wildman–Crippen MR) is 139 cm³/mol. The van der Waals surface area contributed by atoms with E-state index in [0.29, 0.717) is 16.4 Å². The lowest BCUT2D eigenvalue weighted by Gasteiger charge is -2.26. The van der Waals surface area contributed by atoms with E-state index in [1.54, 1.807) is 18.3 Å². The van der Waals surface area contributed by atoms with Crippen molar-refractivity contribution in [3.8, 4) is 11.3 Å². The van der Waals surface area contributed by atoms with Crippen molar-refractivity contribution in [2.45, 2.75) is 25.9 Å². The van der Waals surface area contributed by atoms with Gasteiger partial charge >= 0.3 is 5.97 Å². The fraction of sp³-hybridized carbons (Fsp3) is 0.179. The van der Waals surface area contributed by atoms with Gasteiger partial charge in [0.15, 0.2) is 5.11 Å². The van der Waals surface area contributed by atoms with Crippen molar-refractivity contribution in [2.24, 2.45) is 0 Å². The summed E-state index contributed by atoms with van der Waals surface area (Å²) in [5, 5.41) is 4.07. The van der Waals surface area contributed by atoms with Crippen molar-refractivity contribution < 1.29 is 13.9 Å². The molecule has 2 aromatic carbocycles. The van der Waals surface area contributed by atoms with Crippen LogP contribution in [0.4, 0.5) is 5.69 Å². The molecular weight excluding hydrogens is 458 g/mol. The van der Waals surface area contributed by atoms with Crippen molar-refractivity contribution in [3.63, 3.8) is 0 Å². The van der Waals surface area contributed by atoms with Crippen molar-refractivity contribution in [2.75, 3.05) is 12.0 Å². The number of esters is 1. The van der Waals surface area contributed by atoms with Gasteiger partial charge in [-0.2, -0.15) is 0 Å². The van der Waals surface area contributed by atoms with Crippen molar-refractivity contribution in [1.29, 1.82) is 0 Å². The summed E-state index contributed by atoms with van der Waals surface area (Å²) in [6.45, 7) is 4.19. The third-order valence-electron chi connectivity index (χ3n) is 6.35. The third kappa shape index (κ3) is 4.31. The molecule has 176 valence electrons. The minimum atomic E-state index is -0.389. The molecule has 5 rings (SSSR count). The van der Waals surface area contributed by atoms with Gasteiger partial charge < -0.3 is 19.4 Å². The van der Waals surface area contributed by atoms with E-state index in [2.05, 4.69) is 47.2 Å². The van der Waals surface area contributed by atoms with Gasteiger partial charge in [-0.25, -0.2) is 4.79 Å². The van der Waals surface area contributed by atoms with E-state index in [0.717, 1.165) is 22.7 Å². The molecule has 0 saturated carbocycles. The lowest BCUT2D eigenvalue weighted by Crippen LogP contribution is -2.29. The Bertz CT molecular complexity index is 1400. The molecule has 1 N–H and O–H groups in total. The molecule has 1 fully saturated rings. The number of hydrogen-bond acceptors (Lipinski definition) is 5. The molecular formula is C28H25N3O3S. The third-order valence-corrected chi connectivity index (χ3v) is 6.67. The lowest BCUT2D eigenvalue weighted by atomic mass is 10.0. The molecule has 0 unspecified atom stereocenters. The van der Waals surface area contributed by atoms with Crippen LogP contribution in [0.3, 0.4) is 0 Å². The van der Waals surface area contributed by atoms with Gasteiger partial charge in [0.2, 0.25) is 0 Å². The number of carbonyl (C=O) groups is 1. The zero-order valence-electron chi connectivity index (χ0n) is 19.7. The summed E-state index contributed by atoms with van der Waals surface area (Å²) >= 11 is 5.81. The number of anilines is 1. The van der Waals surface area contributed by atoms with Crippen molar-refractivity contribution in [3.05, 3.63) is 107 Å². The molecule has 0 spiro atoms. The molecule has 4 aromatic rings. The van der Waals surface area contributed by atoms with Gasteiger partial charge in [-0.3, -0.25) is 4.98 Å². The van der Waals surface area contributed by atoms with Gasteiger partial charge in [0, 0.05) is 17.4 Å². The van der Waals surface area contributed by atoms with Crippen LogP contribution < -0.4 is 10.2 Å². The number of thiocarbonyl (C=S) groups is 1. The van der Waals surface area contributed by atoms with Crippen LogP contribution in [0.2, 0.25) is 0 Å². The number of aryl methyl sites for hydroxylation is 2. The summed E-state index contributed by atoms with van der Waals surface area (Å²) in [5.41, 5.74) is 5.52. The molecule has 6 nitrogen and oxygen atoms in total. The Morgan fingerprint density at radius 1 is 1.03 bits per heavy atom. The van der Waals surface area contributed by atoms with E-state index in [1.807, 2.05) is 42.5 Å². The van der Waals surface area contributed by atoms with Gasteiger partial charge in [-0.15, -0.1) is 0 Å². The highest BCUT2D eigenvalue weighted by Crippen LogP contribution is 2.43. The SMILES string of the molecule is COC(=O)c1cccc(-c2ccc([C@H]3[C@H](c4ccccn4)NC(=S)N3c3ccc(C)c(C)c3)o2)c1. The van der Waals surface area contributed by atoms with Gasteiger partial charge in [0.25, 0.3) is 0 Å². The summed E-state index contributed by atoms with van der Waals surface area (Å²) in [4.78, 5) is 18.7. The second kappa shape index (κ2) is 9.35. The Kier molecular flexibility index (Phi) is 6.09. The first-order valence-electron chi connectivity index (χ1n) is 11.3. The number of furan rings is 1. The molecule has 1 aliphatic heterocycles. The molecule has 0 radical (unpaired) electrons. The zero-order valence-corrected chi connectivity index (χ0v) is 20.5. The molecule has 2 aromatic heterocycles. The average Bonchev–Trinajstić information content (AvgIpc) is 3.50. The number of ether oxygens (including phenoxy) is 1. The van der Waals surface area contributed by atoms with Gasteiger partial charge in [0.05, 0.1) is 24.4 Å². The monoisotopic (exact) mass is 483 g/mol. The molecule has 3 heterocycles. The molecule has 2 atom stereocenters. The first-order chi connectivity index (χ1) is 17.0. The average molecular weight is 484 g/mol. The predicted octanol–water partition coefficient (Wildman–Crippen LogP) is 5.92. The highest BCUT2D eigenvalue weighted by Gasteiger charge is 2.42. The van der Waals surface area contributed by atoms with Crippen LogP contribution in [0, 0.1) is 13.8 Å². The summed E-state index contributed by atoms with van der Waals surface area (Å²) in [6.07, 6.45) is 1.78. The number of nitrogens with zero attached hydrogens (tertiary/aromatic N) is 2. The van der Waals surface area contributed by atoms with E-state index in [9.17, 15) is 4.79 Å². The van der Waals surface area contributed by atoms with E-state index >= 15 is 0 Å². The number of aromatic nitrogens is 1. The Morgan fingerprint density at radius 2 is 1.89 bits per heavy atom. The van der Waals surface area contributed by atoms with E-state index in [-0.39, 0.29) is 18.1 Å². The summed E-state index contributed by atoms with van der Waals surface area (Å²) in [6, 6.07) is 22.8. The van der Waals surface area contributed by atoms with Crippen LogP contribution in [-0.4, -0.2) is 23.2 Å². The lowest BCUT2D eigenvalue weighted by molar-refractivity contribution is 0.0601.